The minimum absolute atomic E-state index is 0.0103. The molecule has 10 heteroatoms. The lowest BCUT2D eigenvalue weighted by Crippen LogP contribution is -2.17. The van der Waals surface area contributed by atoms with E-state index < -0.39 is 41.7 Å². The summed E-state index contributed by atoms with van der Waals surface area (Å²) < 4.78 is 79.3. The highest BCUT2D eigenvalue weighted by Crippen LogP contribution is 2.31. The summed E-state index contributed by atoms with van der Waals surface area (Å²) in [7, 11) is 0. The first-order chi connectivity index (χ1) is 10.6. The van der Waals surface area contributed by atoms with Gasteiger partial charge in [-0.15, -0.1) is 0 Å². The summed E-state index contributed by atoms with van der Waals surface area (Å²) in [6, 6.07) is 3.47. The number of carbonyl (C=O) groups excluding carboxylic acids is 1. The number of nitrogens with zero attached hydrogens (tertiary/aromatic N) is 1. The molecule has 0 aliphatic carbocycles. The van der Waals surface area contributed by atoms with Crippen LogP contribution in [-0.2, 0) is 23.6 Å². The molecule has 0 atom stereocenters. The molecule has 0 fully saturated rings. The Morgan fingerprint density at radius 2 is 1.65 bits per heavy atom. The van der Waals surface area contributed by atoms with Crippen LogP contribution in [0.2, 0.25) is 0 Å². The highest BCUT2D eigenvalue weighted by Gasteiger charge is 2.38. The van der Waals surface area contributed by atoms with Gasteiger partial charge in [-0.2, -0.15) is 26.3 Å². The number of halogens is 6. The number of alkyl halides is 6. The molecule has 0 spiro atoms. The van der Waals surface area contributed by atoms with Gasteiger partial charge in [-0.3, -0.25) is 4.79 Å². The third-order valence-corrected chi connectivity index (χ3v) is 2.73. The number of hydrogen-bond acceptors (Lipinski definition) is 3. The van der Waals surface area contributed by atoms with Gasteiger partial charge in [0, 0.05) is 5.69 Å². The van der Waals surface area contributed by atoms with Crippen molar-refractivity contribution >= 4 is 11.6 Å². The van der Waals surface area contributed by atoms with Crippen molar-refractivity contribution in [1.29, 1.82) is 0 Å². The lowest BCUT2D eigenvalue weighted by atomic mass is 10.2. The van der Waals surface area contributed by atoms with Crippen molar-refractivity contribution in [2.75, 3.05) is 5.32 Å². The number of hydrogen-bond donors (Lipinski definition) is 1. The Morgan fingerprint density at radius 1 is 1.04 bits per heavy atom. The van der Waals surface area contributed by atoms with Crippen molar-refractivity contribution in [3.63, 3.8) is 0 Å². The van der Waals surface area contributed by atoms with Gasteiger partial charge >= 0.3 is 12.4 Å². The molecule has 124 valence electrons. The fraction of sp³-hybridized carbons (Fsp3) is 0.231. The highest BCUT2D eigenvalue weighted by atomic mass is 19.4. The van der Waals surface area contributed by atoms with Crippen molar-refractivity contribution in [3.8, 4) is 0 Å². The maximum Gasteiger partial charge on any atom is 0.436 e. The van der Waals surface area contributed by atoms with Crippen LogP contribution in [0.15, 0.2) is 35.1 Å². The molecule has 0 aliphatic heterocycles. The van der Waals surface area contributed by atoms with Gasteiger partial charge in [-0.05, 0) is 24.3 Å². The molecule has 23 heavy (non-hydrogen) atoms. The Balaban J connectivity index is 2.05. The van der Waals surface area contributed by atoms with Crippen LogP contribution in [0.1, 0.15) is 17.0 Å². The first-order valence-electron chi connectivity index (χ1n) is 6.04. The number of rotatable bonds is 3. The normalized spacial score (nSPS) is 12.3. The first kappa shape index (κ1) is 16.8. The van der Waals surface area contributed by atoms with Gasteiger partial charge in [0.05, 0.1) is 12.0 Å². The largest absolute Gasteiger partial charge is 0.447 e. The van der Waals surface area contributed by atoms with Crippen molar-refractivity contribution in [2.45, 2.75) is 18.8 Å². The van der Waals surface area contributed by atoms with Crippen LogP contribution < -0.4 is 5.32 Å². The SMILES string of the molecule is O=C(Cc1ocnc1C(F)(F)F)Nc1ccc(C(F)(F)F)cc1. The molecule has 2 aromatic rings. The van der Waals surface area contributed by atoms with Gasteiger partial charge in [0.25, 0.3) is 0 Å². The van der Waals surface area contributed by atoms with Gasteiger partial charge in [0.15, 0.2) is 12.1 Å². The first-order valence-corrected chi connectivity index (χ1v) is 6.04. The van der Waals surface area contributed by atoms with E-state index in [1.54, 1.807) is 0 Å². The minimum atomic E-state index is -4.77. The van der Waals surface area contributed by atoms with E-state index in [0.29, 0.717) is 6.39 Å². The summed E-state index contributed by atoms with van der Waals surface area (Å²) in [5.74, 6) is -1.56. The van der Waals surface area contributed by atoms with E-state index in [9.17, 15) is 31.1 Å². The standard InChI is InChI=1S/C13H8F6N2O2/c14-12(15,16)7-1-3-8(4-2-7)21-10(22)5-9-11(13(17,18)19)20-6-23-9/h1-4,6H,5H2,(H,21,22). The second-order valence-electron chi connectivity index (χ2n) is 4.42. The van der Waals surface area contributed by atoms with Crippen LogP contribution in [0.4, 0.5) is 32.0 Å². The maximum atomic E-state index is 12.6. The molecule has 4 nitrogen and oxygen atoms in total. The molecular weight excluding hydrogens is 330 g/mol. The molecule has 1 aromatic carbocycles. The number of anilines is 1. The molecule has 1 heterocycles. The Hall–Kier alpha value is -2.52. The third-order valence-electron chi connectivity index (χ3n) is 2.73. The summed E-state index contributed by atoms with van der Waals surface area (Å²) >= 11 is 0. The number of amides is 1. The predicted molar refractivity (Wildman–Crippen MR) is 65.3 cm³/mol. The Morgan fingerprint density at radius 3 is 2.17 bits per heavy atom. The van der Waals surface area contributed by atoms with Gasteiger partial charge in [-0.25, -0.2) is 4.98 Å². The van der Waals surface area contributed by atoms with Gasteiger partial charge < -0.3 is 9.73 Å². The van der Waals surface area contributed by atoms with E-state index >= 15 is 0 Å². The molecule has 1 aromatic heterocycles. The Bertz CT molecular complexity index is 688. The Labute approximate surface area is 125 Å². The average Bonchev–Trinajstić information content (AvgIpc) is 2.86. The average molecular weight is 338 g/mol. The summed E-state index contributed by atoms with van der Waals surface area (Å²) in [6.07, 6.45) is -9.49. The predicted octanol–water partition coefficient (Wildman–Crippen LogP) is 3.89. The summed E-state index contributed by atoms with van der Waals surface area (Å²) in [4.78, 5) is 14.6. The van der Waals surface area contributed by atoms with Crippen LogP contribution in [0.25, 0.3) is 0 Å². The number of benzene rings is 1. The van der Waals surface area contributed by atoms with Crippen molar-refractivity contribution < 1.29 is 35.6 Å². The molecule has 0 saturated heterocycles. The Kier molecular flexibility index (Phi) is 4.35. The van der Waals surface area contributed by atoms with Gasteiger partial charge in [-0.1, -0.05) is 0 Å². The molecule has 0 bridgehead atoms. The minimum Gasteiger partial charge on any atom is -0.447 e. The van der Waals surface area contributed by atoms with E-state index in [0.717, 1.165) is 24.3 Å². The maximum absolute atomic E-state index is 12.6. The second kappa shape index (κ2) is 5.94. The summed E-state index contributed by atoms with van der Waals surface area (Å²) in [6.45, 7) is 0. The summed E-state index contributed by atoms with van der Waals surface area (Å²) in [5, 5.41) is 2.18. The van der Waals surface area contributed by atoms with E-state index in [1.807, 2.05) is 0 Å². The quantitative estimate of drug-likeness (QED) is 0.864. The zero-order valence-electron chi connectivity index (χ0n) is 11.1. The number of carbonyl (C=O) groups is 1. The van der Waals surface area contributed by atoms with E-state index in [1.165, 1.54) is 0 Å². The fourth-order valence-electron chi connectivity index (χ4n) is 1.72. The fourth-order valence-corrected chi connectivity index (χ4v) is 1.72. The van der Waals surface area contributed by atoms with Crippen LogP contribution in [0, 0.1) is 0 Å². The summed E-state index contributed by atoms with van der Waals surface area (Å²) in [5.41, 5.74) is -2.22. The van der Waals surface area contributed by atoms with E-state index in [4.69, 9.17) is 0 Å². The van der Waals surface area contributed by atoms with Gasteiger partial charge in [0.2, 0.25) is 5.91 Å². The van der Waals surface area contributed by atoms with Crippen molar-refractivity contribution in [1.82, 2.24) is 4.98 Å². The zero-order chi connectivity index (χ0) is 17.3. The van der Waals surface area contributed by atoms with E-state index in [2.05, 4.69) is 14.7 Å². The number of oxazole rings is 1. The number of aromatic nitrogens is 1. The molecule has 2 rings (SSSR count). The molecule has 0 saturated carbocycles. The van der Waals surface area contributed by atoms with Gasteiger partial charge in [0.1, 0.15) is 5.76 Å². The number of nitrogens with one attached hydrogen (secondary N) is 1. The molecule has 0 radical (unpaired) electrons. The van der Waals surface area contributed by atoms with E-state index in [-0.39, 0.29) is 5.69 Å². The lowest BCUT2D eigenvalue weighted by Gasteiger charge is -2.09. The lowest BCUT2D eigenvalue weighted by molar-refractivity contribution is -0.142. The molecule has 1 N–H and O–H groups in total. The molecule has 0 unspecified atom stereocenters. The van der Waals surface area contributed by atoms with Crippen LogP contribution in [0.5, 0.6) is 0 Å². The molecule has 0 aliphatic rings. The van der Waals surface area contributed by atoms with Crippen LogP contribution >= 0.6 is 0 Å². The monoisotopic (exact) mass is 338 g/mol. The van der Waals surface area contributed by atoms with Crippen molar-refractivity contribution in [2.24, 2.45) is 0 Å². The smallest absolute Gasteiger partial charge is 0.436 e. The third kappa shape index (κ3) is 4.24. The molecule has 1 amide bonds. The zero-order valence-corrected chi connectivity index (χ0v) is 11.1. The van der Waals surface area contributed by atoms with Crippen LogP contribution in [-0.4, -0.2) is 10.9 Å². The molecular formula is C13H8F6N2O2. The topological polar surface area (TPSA) is 55.1 Å². The van der Waals surface area contributed by atoms with Crippen LogP contribution in [0.3, 0.4) is 0 Å². The van der Waals surface area contributed by atoms with Crippen molar-refractivity contribution in [3.05, 3.63) is 47.7 Å². The second-order valence-corrected chi connectivity index (χ2v) is 4.42. The highest BCUT2D eigenvalue weighted by molar-refractivity contribution is 5.92.